The monoisotopic (exact) mass is 209 g/mol. The van der Waals surface area contributed by atoms with Gasteiger partial charge in [0.2, 0.25) is 0 Å². The molecule has 0 fully saturated rings. The van der Waals surface area contributed by atoms with E-state index in [0.29, 0.717) is 18.2 Å². The van der Waals surface area contributed by atoms with Gasteiger partial charge in [0.05, 0.1) is 18.0 Å². The highest BCUT2D eigenvalue weighted by Crippen LogP contribution is 2.18. The fraction of sp³-hybridized carbons (Fsp3) is 0.636. The summed E-state index contributed by atoms with van der Waals surface area (Å²) in [5.41, 5.74) is 6.41. The highest BCUT2D eigenvalue weighted by Gasteiger charge is 2.10. The normalized spacial score (nSPS) is 11.1. The van der Waals surface area contributed by atoms with Crippen LogP contribution in [0.5, 0.6) is 5.75 Å². The van der Waals surface area contributed by atoms with Gasteiger partial charge < -0.3 is 10.5 Å². The first kappa shape index (κ1) is 11.9. The zero-order valence-corrected chi connectivity index (χ0v) is 9.82. The van der Waals surface area contributed by atoms with Crippen LogP contribution >= 0.6 is 0 Å². The van der Waals surface area contributed by atoms with Crippen LogP contribution in [0.1, 0.15) is 45.1 Å². The molecule has 4 heteroatoms. The molecule has 0 atom stereocenters. The van der Waals surface area contributed by atoms with Gasteiger partial charge in [0, 0.05) is 12.5 Å². The van der Waals surface area contributed by atoms with Gasteiger partial charge in [-0.2, -0.15) is 0 Å². The number of ether oxygens (including phenoxy) is 1. The Bertz CT molecular complexity index is 324. The molecular formula is C11H19N3O. The van der Waals surface area contributed by atoms with Crippen molar-refractivity contribution in [3.05, 3.63) is 17.7 Å². The van der Waals surface area contributed by atoms with E-state index in [0.717, 1.165) is 11.5 Å². The molecule has 0 unspecified atom stereocenters. The molecule has 0 spiro atoms. The van der Waals surface area contributed by atoms with Crippen molar-refractivity contribution in [2.45, 2.75) is 46.3 Å². The van der Waals surface area contributed by atoms with E-state index in [1.54, 1.807) is 6.20 Å². The summed E-state index contributed by atoms with van der Waals surface area (Å²) in [6.07, 6.45) is 1.83. The zero-order chi connectivity index (χ0) is 11.4. The Morgan fingerprint density at radius 3 is 2.47 bits per heavy atom. The predicted octanol–water partition coefficient (Wildman–Crippen LogP) is 1.85. The van der Waals surface area contributed by atoms with Crippen molar-refractivity contribution >= 4 is 0 Å². The standard InChI is InChI=1S/C11H19N3O/c1-7(2)11-13-6-10(15-8(3)4)9(5-12)14-11/h6-8H,5,12H2,1-4H3. The molecule has 0 saturated heterocycles. The molecule has 84 valence electrons. The topological polar surface area (TPSA) is 61.0 Å². The molecule has 0 aliphatic heterocycles. The lowest BCUT2D eigenvalue weighted by atomic mass is 10.2. The Labute approximate surface area is 90.9 Å². The maximum atomic E-state index is 5.63. The molecule has 1 heterocycles. The molecule has 4 nitrogen and oxygen atoms in total. The van der Waals surface area contributed by atoms with Crippen LogP contribution in [-0.2, 0) is 6.54 Å². The third kappa shape index (κ3) is 3.16. The van der Waals surface area contributed by atoms with Gasteiger partial charge in [-0.05, 0) is 13.8 Å². The summed E-state index contributed by atoms with van der Waals surface area (Å²) < 4.78 is 5.57. The Kier molecular flexibility index (Phi) is 4.03. The van der Waals surface area contributed by atoms with Crippen molar-refractivity contribution in [3.63, 3.8) is 0 Å². The second-order valence-electron chi connectivity index (χ2n) is 4.06. The molecule has 0 aromatic carbocycles. The average molecular weight is 209 g/mol. The maximum Gasteiger partial charge on any atom is 0.160 e. The molecule has 1 aromatic heterocycles. The van der Waals surface area contributed by atoms with Gasteiger partial charge in [0.15, 0.2) is 5.75 Å². The van der Waals surface area contributed by atoms with E-state index in [2.05, 4.69) is 23.8 Å². The minimum absolute atomic E-state index is 0.115. The Morgan fingerprint density at radius 2 is 2.00 bits per heavy atom. The van der Waals surface area contributed by atoms with Crippen LogP contribution in [0, 0.1) is 0 Å². The van der Waals surface area contributed by atoms with Gasteiger partial charge in [-0.25, -0.2) is 9.97 Å². The highest BCUT2D eigenvalue weighted by molar-refractivity contribution is 5.25. The number of nitrogens with zero attached hydrogens (tertiary/aromatic N) is 2. The largest absolute Gasteiger partial charge is 0.487 e. The van der Waals surface area contributed by atoms with Crippen LogP contribution in [0.4, 0.5) is 0 Å². The van der Waals surface area contributed by atoms with Crippen LogP contribution in [0.2, 0.25) is 0 Å². The molecule has 0 bridgehead atoms. The van der Waals surface area contributed by atoms with E-state index in [1.165, 1.54) is 0 Å². The number of hydrogen-bond donors (Lipinski definition) is 1. The zero-order valence-electron chi connectivity index (χ0n) is 9.82. The van der Waals surface area contributed by atoms with Crippen molar-refractivity contribution in [2.24, 2.45) is 5.73 Å². The van der Waals surface area contributed by atoms with Gasteiger partial charge in [-0.15, -0.1) is 0 Å². The minimum atomic E-state index is 0.115. The molecule has 2 N–H and O–H groups in total. The van der Waals surface area contributed by atoms with Gasteiger partial charge in [-0.1, -0.05) is 13.8 Å². The van der Waals surface area contributed by atoms with Crippen LogP contribution in [0.3, 0.4) is 0 Å². The smallest absolute Gasteiger partial charge is 0.160 e. The van der Waals surface area contributed by atoms with Crippen molar-refractivity contribution in [3.8, 4) is 5.75 Å². The van der Waals surface area contributed by atoms with Crippen molar-refractivity contribution in [1.82, 2.24) is 9.97 Å². The number of aromatic nitrogens is 2. The molecular weight excluding hydrogens is 190 g/mol. The van der Waals surface area contributed by atoms with Crippen LogP contribution in [-0.4, -0.2) is 16.1 Å². The molecule has 15 heavy (non-hydrogen) atoms. The lowest BCUT2D eigenvalue weighted by Gasteiger charge is -2.13. The van der Waals surface area contributed by atoms with E-state index < -0.39 is 0 Å². The molecule has 1 rings (SSSR count). The van der Waals surface area contributed by atoms with Gasteiger partial charge in [0.25, 0.3) is 0 Å². The Morgan fingerprint density at radius 1 is 1.33 bits per heavy atom. The summed E-state index contributed by atoms with van der Waals surface area (Å²) in [6.45, 7) is 8.43. The highest BCUT2D eigenvalue weighted by atomic mass is 16.5. The lowest BCUT2D eigenvalue weighted by Crippen LogP contribution is -2.13. The second kappa shape index (κ2) is 5.07. The SMILES string of the molecule is CC(C)Oc1cnc(C(C)C)nc1CN. The van der Waals surface area contributed by atoms with Gasteiger partial charge in [-0.3, -0.25) is 0 Å². The fourth-order valence-electron chi connectivity index (χ4n) is 1.20. The van der Waals surface area contributed by atoms with E-state index >= 15 is 0 Å². The summed E-state index contributed by atoms with van der Waals surface area (Å²) >= 11 is 0. The number of hydrogen-bond acceptors (Lipinski definition) is 4. The molecule has 0 amide bonds. The average Bonchev–Trinajstić information content (AvgIpc) is 2.17. The number of rotatable bonds is 4. The summed E-state index contributed by atoms with van der Waals surface area (Å²) in [7, 11) is 0. The van der Waals surface area contributed by atoms with Crippen LogP contribution < -0.4 is 10.5 Å². The van der Waals surface area contributed by atoms with Crippen LogP contribution in [0.15, 0.2) is 6.20 Å². The van der Waals surface area contributed by atoms with E-state index in [1.807, 2.05) is 13.8 Å². The Hall–Kier alpha value is -1.16. The van der Waals surface area contributed by atoms with Gasteiger partial charge >= 0.3 is 0 Å². The molecule has 0 aliphatic rings. The van der Waals surface area contributed by atoms with Crippen molar-refractivity contribution in [1.29, 1.82) is 0 Å². The third-order valence-corrected chi connectivity index (χ3v) is 1.92. The summed E-state index contributed by atoms with van der Waals surface area (Å²) in [5.74, 6) is 1.81. The quantitative estimate of drug-likeness (QED) is 0.822. The summed E-state index contributed by atoms with van der Waals surface area (Å²) in [4.78, 5) is 8.63. The first-order valence-corrected chi connectivity index (χ1v) is 5.27. The van der Waals surface area contributed by atoms with Crippen LogP contribution in [0.25, 0.3) is 0 Å². The predicted molar refractivity (Wildman–Crippen MR) is 59.8 cm³/mol. The van der Waals surface area contributed by atoms with Gasteiger partial charge in [0.1, 0.15) is 5.82 Å². The molecule has 0 aliphatic carbocycles. The minimum Gasteiger partial charge on any atom is -0.487 e. The first-order chi connectivity index (χ1) is 7.04. The molecule has 1 aromatic rings. The summed E-state index contributed by atoms with van der Waals surface area (Å²) in [6, 6.07) is 0. The Balaban J connectivity index is 2.98. The van der Waals surface area contributed by atoms with Crippen molar-refractivity contribution < 1.29 is 4.74 Å². The van der Waals surface area contributed by atoms with Crippen molar-refractivity contribution in [2.75, 3.05) is 0 Å². The molecule has 0 radical (unpaired) electrons. The second-order valence-corrected chi connectivity index (χ2v) is 4.06. The fourth-order valence-corrected chi connectivity index (χ4v) is 1.20. The summed E-state index contributed by atoms with van der Waals surface area (Å²) in [5, 5.41) is 0. The number of nitrogens with two attached hydrogens (primary N) is 1. The van der Waals surface area contributed by atoms with E-state index in [9.17, 15) is 0 Å². The van der Waals surface area contributed by atoms with E-state index in [-0.39, 0.29) is 6.10 Å². The van der Waals surface area contributed by atoms with E-state index in [4.69, 9.17) is 10.5 Å². The third-order valence-electron chi connectivity index (χ3n) is 1.92. The first-order valence-electron chi connectivity index (χ1n) is 5.27. The maximum absolute atomic E-state index is 5.63. The molecule has 0 saturated carbocycles. The lowest BCUT2D eigenvalue weighted by molar-refractivity contribution is 0.237.